The average Bonchev–Trinajstić information content (AvgIpc) is 2.08. The molecule has 1 amide bonds. The molecule has 15 heavy (non-hydrogen) atoms. The van der Waals surface area contributed by atoms with Gasteiger partial charge in [0.25, 0.3) is 0 Å². The number of nitro groups is 1. The van der Waals surface area contributed by atoms with Gasteiger partial charge in [0, 0.05) is 6.54 Å². The zero-order valence-corrected chi connectivity index (χ0v) is 8.03. The number of nitrogens with zero attached hydrogens (tertiary/aromatic N) is 1. The quantitative estimate of drug-likeness (QED) is 0.108. The Kier molecular flexibility index (Phi) is 5.52. The lowest BCUT2D eigenvalue weighted by molar-refractivity contribution is -0.548. The van der Waals surface area contributed by atoms with E-state index in [1.54, 1.807) is 5.43 Å². The summed E-state index contributed by atoms with van der Waals surface area (Å²) >= 11 is 0. The summed E-state index contributed by atoms with van der Waals surface area (Å²) in [6.45, 7) is 0.360. The molecule has 0 aliphatic rings. The standard InChI is InChI=1S/C6H14N6O3/c7-5(13)4(11-12(14)15)2-1-3-10-6(8)9/h4,11H,1-3H2,(H2,7,13)(H4,8,9,10)/t4-/m0/s1. The van der Waals surface area contributed by atoms with Crippen LogP contribution in [0, 0.1) is 15.5 Å². The summed E-state index contributed by atoms with van der Waals surface area (Å²) in [5.74, 6) is -0.970. The molecule has 9 heteroatoms. The molecular formula is C6H14N6O3. The molecule has 0 aromatic rings. The van der Waals surface area contributed by atoms with Crippen molar-refractivity contribution in [2.75, 3.05) is 6.54 Å². The number of nitrogens with two attached hydrogens (primary N) is 2. The van der Waals surface area contributed by atoms with Crippen LogP contribution in [0.4, 0.5) is 0 Å². The highest BCUT2D eigenvalue weighted by molar-refractivity contribution is 5.79. The number of hydrogen-bond donors (Lipinski definition) is 5. The molecule has 9 nitrogen and oxygen atoms in total. The highest BCUT2D eigenvalue weighted by Gasteiger charge is 2.18. The second-order valence-corrected chi connectivity index (χ2v) is 2.82. The largest absolute Gasteiger partial charge is 0.370 e. The fourth-order valence-corrected chi connectivity index (χ4v) is 0.927. The summed E-state index contributed by atoms with van der Waals surface area (Å²) in [6, 6.07) is -1.01. The predicted molar refractivity (Wildman–Crippen MR) is 52.3 cm³/mol. The van der Waals surface area contributed by atoms with E-state index in [0.717, 1.165) is 0 Å². The normalized spacial score (nSPS) is 11.5. The predicted octanol–water partition coefficient (Wildman–Crippen LogP) is -2.12. The van der Waals surface area contributed by atoms with Gasteiger partial charge in [-0.05, 0) is 12.8 Å². The molecular weight excluding hydrogens is 204 g/mol. The maximum Gasteiger partial charge on any atom is 0.245 e. The first-order chi connectivity index (χ1) is 6.93. The fourth-order valence-electron chi connectivity index (χ4n) is 0.927. The lowest BCUT2D eigenvalue weighted by Gasteiger charge is -2.09. The molecule has 0 radical (unpaired) electrons. The molecule has 0 fully saturated rings. The van der Waals surface area contributed by atoms with Crippen LogP contribution in [-0.2, 0) is 4.79 Å². The minimum absolute atomic E-state index is 0.187. The molecule has 0 spiro atoms. The molecule has 86 valence electrons. The first-order valence-electron chi connectivity index (χ1n) is 4.21. The van der Waals surface area contributed by atoms with Crippen LogP contribution < -0.4 is 22.2 Å². The van der Waals surface area contributed by atoms with E-state index < -0.39 is 17.0 Å². The summed E-state index contributed by atoms with van der Waals surface area (Å²) in [6.07, 6.45) is 0.643. The molecule has 0 aliphatic carbocycles. The maximum atomic E-state index is 10.7. The van der Waals surface area contributed by atoms with Crippen molar-refractivity contribution in [3.05, 3.63) is 10.1 Å². The Bertz CT molecular complexity index is 255. The van der Waals surface area contributed by atoms with Crippen LogP contribution in [0.5, 0.6) is 0 Å². The van der Waals surface area contributed by atoms with E-state index >= 15 is 0 Å². The molecule has 7 N–H and O–H groups in total. The monoisotopic (exact) mass is 218 g/mol. The topological polar surface area (TPSA) is 160 Å². The minimum Gasteiger partial charge on any atom is -0.370 e. The molecule has 0 unspecified atom stereocenters. The maximum absolute atomic E-state index is 10.7. The van der Waals surface area contributed by atoms with Gasteiger partial charge in [-0.1, -0.05) is 0 Å². The van der Waals surface area contributed by atoms with Gasteiger partial charge in [0.15, 0.2) is 17.0 Å². The van der Waals surface area contributed by atoms with E-state index in [1.165, 1.54) is 0 Å². The van der Waals surface area contributed by atoms with Crippen LogP contribution in [0.25, 0.3) is 0 Å². The Hall–Kier alpha value is -2.06. The molecule has 0 saturated carbocycles. The summed E-state index contributed by atoms with van der Waals surface area (Å²) in [5, 5.41) is 18.6. The zero-order chi connectivity index (χ0) is 11.8. The van der Waals surface area contributed by atoms with Crippen LogP contribution in [0.1, 0.15) is 12.8 Å². The summed E-state index contributed by atoms with van der Waals surface area (Å²) in [7, 11) is 0. The van der Waals surface area contributed by atoms with Crippen molar-refractivity contribution < 1.29 is 9.83 Å². The summed E-state index contributed by atoms with van der Waals surface area (Å²) < 4.78 is 0. The molecule has 0 aromatic carbocycles. The van der Waals surface area contributed by atoms with Crippen molar-refractivity contribution in [2.24, 2.45) is 11.5 Å². The van der Waals surface area contributed by atoms with Gasteiger partial charge in [-0.2, -0.15) is 0 Å². The Balaban J connectivity index is 3.81. The van der Waals surface area contributed by atoms with Crippen LogP contribution in [0.2, 0.25) is 0 Å². The molecule has 0 bridgehead atoms. The highest BCUT2D eigenvalue weighted by atomic mass is 16.7. The lowest BCUT2D eigenvalue weighted by atomic mass is 10.1. The summed E-state index contributed by atoms with van der Waals surface area (Å²) in [5.41, 5.74) is 11.7. The number of primary amides is 1. The average molecular weight is 218 g/mol. The van der Waals surface area contributed by atoms with Crippen molar-refractivity contribution in [3.8, 4) is 0 Å². The number of amides is 1. The number of nitrogens with one attached hydrogen (secondary N) is 3. The Morgan fingerprint density at radius 1 is 1.53 bits per heavy atom. The SMILES string of the molecule is N=C(N)NCCC[C@H](N[N+](=O)[O-])C(N)=O. The Morgan fingerprint density at radius 2 is 2.13 bits per heavy atom. The number of carbonyl (C=O) groups excluding carboxylic acids is 1. The second-order valence-electron chi connectivity index (χ2n) is 2.82. The van der Waals surface area contributed by atoms with Gasteiger partial charge in [-0.3, -0.25) is 10.2 Å². The van der Waals surface area contributed by atoms with Crippen LogP contribution in [0.15, 0.2) is 0 Å². The fraction of sp³-hybridized carbons (Fsp3) is 0.667. The van der Waals surface area contributed by atoms with Crippen molar-refractivity contribution in [3.63, 3.8) is 0 Å². The first kappa shape index (κ1) is 12.9. The number of rotatable bonds is 7. The van der Waals surface area contributed by atoms with Gasteiger partial charge >= 0.3 is 0 Å². The van der Waals surface area contributed by atoms with E-state index in [-0.39, 0.29) is 12.4 Å². The van der Waals surface area contributed by atoms with Crippen molar-refractivity contribution >= 4 is 11.9 Å². The van der Waals surface area contributed by atoms with E-state index in [4.69, 9.17) is 16.9 Å². The van der Waals surface area contributed by atoms with Gasteiger partial charge in [0.05, 0.1) is 0 Å². The van der Waals surface area contributed by atoms with Gasteiger partial charge in [0.2, 0.25) is 5.91 Å². The van der Waals surface area contributed by atoms with Crippen molar-refractivity contribution in [1.82, 2.24) is 10.7 Å². The number of guanidine groups is 1. The molecule has 0 aliphatic heterocycles. The van der Waals surface area contributed by atoms with E-state index in [1.807, 2.05) is 0 Å². The smallest absolute Gasteiger partial charge is 0.245 e. The molecule has 1 atom stereocenters. The van der Waals surface area contributed by atoms with Gasteiger partial charge in [-0.25, -0.2) is 10.1 Å². The van der Waals surface area contributed by atoms with Crippen molar-refractivity contribution in [1.29, 1.82) is 5.41 Å². The third-order valence-corrected chi connectivity index (χ3v) is 1.59. The zero-order valence-electron chi connectivity index (χ0n) is 8.03. The van der Waals surface area contributed by atoms with Crippen LogP contribution in [-0.4, -0.2) is 29.5 Å². The lowest BCUT2D eigenvalue weighted by Crippen LogP contribution is -2.44. The van der Waals surface area contributed by atoms with Crippen molar-refractivity contribution in [2.45, 2.75) is 18.9 Å². The highest BCUT2D eigenvalue weighted by Crippen LogP contribution is 1.95. The third-order valence-electron chi connectivity index (χ3n) is 1.59. The molecule has 0 aromatic heterocycles. The Labute approximate surface area is 85.8 Å². The van der Waals surface area contributed by atoms with Gasteiger partial charge in [-0.15, -0.1) is 5.43 Å². The molecule has 0 saturated heterocycles. The number of hydrazine groups is 1. The van der Waals surface area contributed by atoms with E-state index in [0.29, 0.717) is 13.0 Å². The molecule has 0 rings (SSSR count). The van der Waals surface area contributed by atoms with Crippen LogP contribution >= 0.6 is 0 Å². The van der Waals surface area contributed by atoms with Crippen LogP contribution in [0.3, 0.4) is 0 Å². The number of hydrogen-bond acceptors (Lipinski definition) is 4. The minimum atomic E-state index is -1.01. The summed E-state index contributed by atoms with van der Waals surface area (Å²) in [4.78, 5) is 20.8. The van der Waals surface area contributed by atoms with E-state index in [9.17, 15) is 14.9 Å². The third kappa shape index (κ3) is 7.05. The molecule has 0 heterocycles. The van der Waals surface area contributed by atoms with E-state index in [2.05, 4.69) is 5.32 Å². The second kappa shape index (κ2) is 6.40. The Morgan fingerprint density at radius 3 is 2.53 bits per heavy atom. The van der Waals surface area contributed by atoms with Gasteiger partial charge in [0.1, 0.15) is 0 Å². The number of carbonyl (C=O) groups is 1. The van der Waals surface area contributed by atoms with Gasteiger partial charge < -0.3 is 16.8 Å². The first-order valence-corrected chi connectivity index (χ1v) is 4.21.